The number of hydrogen-bond acceptors (Lipinski definition) is 3. The quantitative estimate of drug-likeness (QED) is 0.600. The molecule has 0 atom stereocenters. The fraction of sp³-hybridized carbons (Fsp3) is 0.308. The zero-order valence-corrected chi connectivity index (χ0v) is 10.2. The van der Waals surface area contributed by atoms with E-state index in [-0.39, 0.29) is 12.4 Å². The molecule has 18 heavy (non-hydrogen) atoms. The Hall–Kier alpha value is -1.91. The lowest BCUT2D eigenvalue weighted by Gasteiger charge is -2.05. The molecule has 0 N–H and O–H groups in total. The van der Waals surface area contributed by atoms with Crippen molar-refractivity contribution in [1.82, 2.24) is 0 Å². The molecule has 0 saturated heterocycles. The molecule has 0 aliphatic carbocycles. The van der Waals surface area contributed by atoms with Gasteiger partial charge in [0.25, 0.3) is 0 Å². The maximum atomic E-state index is 12.9. The van der Waals surface area contributed by atoms with E-state index in [0.29, 0.717) is 12.0 Å². The molecule has 1 aromatic rings. The van der Waals surface area contributed by atoms with E-state index in [1.54, 1.807) is 6.92 Å². The summed E-state index contributed by atoms with van der Waals surface area (Å²) in [6.07, 6.45) is 2.02. The van der Waals surface area contributed by atoms with Gasteiger partial charge in [-0.25, -0.2) is 13.6 Å². The molecular formula is C13H14F2O3. The Bertz CT molecular complexity index is 435. The largest absolute Gasteiger partial charge is 0.489 e. The maximum Gasteiger partial charge on any atom is 0.333 e. The molecule has 0 aliphatic heterocycles. The van der Waals surface area contributed by atoms with Gasteiger partial charge in [0.2, 0.25) is 0 Å². The number of benzene rings is 1. The van der Waals surface area contributed by atoms with Crippen molar-refractivity contribution in [3.63, 3.8) is 0 Å². The molecule has 0 aliphatic rings. The smallest absolute Gasteiger partial charge is 0.333 e. The van der Waals surface area contributed by atoms with Crippen molar-refractivity contribution < 1.29 is 23.0 Å². The summed E-state index contributed by atoms with van der Waals surface area (Å²) < 4.78 is 35.4. The monoisotopic (exact) mass is 256 g/mol. The summed E-state index contributed by atoms with van der Waals surface area (Å²) in [7, 11) is 1.29. The molecule has 1 aromatic carbocycles. The van der Waals surface area contributed by atoms with Crippen molar-refractivity contribution in [2.75, 3.05) is 13.7 Å². The minimum absolute atomic E-state index is 0.0428. The second-order valence-corrected chi connectivity index (χ2v) is 3.49. The molecule has 0 radical (unpaired) electrons. The highest BCUT2D eigenvalue weighted by Crippen LogP contribution is 2.15. The number of methoxy groups -OCH3 is 1. The zero-order chi connectivity index (χ0) is 13.5. The van der Waals surface area contributed by atoms with Crippen LogP contribution in [0.5, 0.6) is 5.75 Å². The van der Waals surface area contributed by atoms with E-state index in [4.69, 9.17) is 4.74 Å². The fourth-order valence-electron chi connectivity index (χ4n) is 1.35. The normalized spacial score (nSPS) is 11.2. The summed E-state index contributed by atoms with van der Waals surface area (Å²) >= 11 is 0. The van der Waals surface area contributed by atoms with Crippen LogP contribution in [0.2, 0.25) is 0 Å². The predicted molar refractivity (Wildman–Crippen MR) is 62.2 cm³/mol. The first kappa shape index (κ1) is 14.2. The first-order valence-corrected chi connectivity index (χ1v) is 5.43. The molecule has 0 amide bonds. The molecule has 0 spiro atoms. The van der Waals surface area contributed by atoms with Gasteiger partial charge in [0.15, 0.2) is 0 Å². The third kappa shape index (κ3) is 4.16. The van der Waals surface area contributed by atoms with E-state index in [2.05, 4.69) is 4.74 Å². The van der Waals surface area contributed by atoms with Crippen molar-refractivity contribution in [3.05, 3.63) is 41.5 Å². The highest BCUT2D eigenvalue weighted by atomic mass is 19.1. The van der Waals surface area contributed by atoms with E-state index in [0.717, 1.165) is 18.2 Å². The summed E-state index contributed by atoms with van der Waals surface area (Å²) in [5.41, 5.74) is 0.453. The van der Waals surface area contributed by atoms with E-state index in [9.17, 15) is 13.6 Å². The minimum atomic E-state index is -0.710. The molecule has 0 heterocycles. The molecule has 1 rings (SSSR count). The van der Waals surface area contributed by atoms with Gasteiger partial charge in [-0.2, -0.15) is 0 Å². The fourth-order valence-corrected chi connectivity index (χ4v) is 1.35. The number of rotatable bonds is 5. The van der Waals surface area contributed by atoms with Crippen LogP contribution in [0.4, 0.5) is 8.78 Å². The molecule has 0 fully saturated rings. The van der Waals surface area contributed by atoms with Gasteiger partial charge in [0, 0.05) is 23.8 Å². The molecule has 0 saturated carbocycles. The molecule has 0 bridgehead atoms. The topological polar surface area (TPSA) is 35.5 Å². The van der Waals surface area contributed by atoms with Crippen LogP contribution in [-0.4, -0.2) is 19.7 Å². The van der Waals surface area contributed by atoms with Crippen molar-refractivity contribution >= 4 is 5.97 Å². The third-order valence-corrected chi connectivity index (χ3v) is 2.24. The van der Waals surface area contributed by atoms with Crippen molar-refractivity contribution in [3.8, 4) is 5.75 Å². The Kier molecular flexibility index (Phi) is 5.30. The molecule has 0 aromatic heterocycles. The number of hydrogen-bond donors (Lipinski definition) is 0. The van der Waals surface area contributed by atoms with E-state index in [1.165, 1.54) is 13.2 Å². The summed E-state index contributed by atoms with van der Waals surface area (Å²) in [5, 5.41) is 0. The van der Waals surface area contributed by atoms with Crippen LogP contribution >= 0.6 is 0 Å². The molecule has 3 nitrogen and oxygen atoms in total. The average molecular weight is 256 g/mol. The lowest BCUT2D eigenvalue weighted by Crippen LogP contribution is -2.06. The predicted octanol–water partition coefficient (Wildman–Crippen LogP) is 2.85. The number of ether oxygens (including phenoxy) is 2. The highest BCUT2D eigenvalue weighted by Gasteiger charge is 2.06. The molecule has 98 valence electrons. The van der Waals surface area contributed by atoms with Gasteiger partial charge in [-0.3, -0.25) is 0 Å². The van der Waals surface area contributed by atoms with Crippen LogP contribution < -0.4 is 4.74 Å². The van der Waals surface area contributed by atoms with Crippen molar-refractivity contribution in [2.24, 2.45) is 0 Å². The van der Waals surface area contributed by atoms with Crippen LogP contribution in [0.25, 0.3) is 0 Å². The van der Waals surface area contributed by atoms with Gasteiger partial charge in [0.05, 0.1) is 7.11 Å². The summed E-state index contributed by atoms with van der Waals surface area (Å²) in [4.78, 5) is 11.2. The Morgan fingerprint density at radius 3 is 2.39 bits per heavy atom. The van der Waals surface area contributed by atoms with Gasteiger partial charge in [-0.1, -0.05) is 6.92 Å². The van der Waals surface area contributed by atoms with Gasteiger partial charge in [-0.15, -0.1) is 0 Å². The lowest BCUT2D eigenvalue weighted by molar-refractivity contribution is -0.136. The minimum Gasteiger partial charge on any atom is -0.489 e. The number of carbonyl (C=O) groups is 1. The summed E-state index contributed by atoms with van der Waals surface area (Å²) in [6.45, 7) is 1.84. The SMILES string of the molecule is CCC(=CCOc1cc(F)cc(F)c1)C(=O)OC. The van der Waals surface area contributed by atoms with Crippen LogP contribution in [0.15, 0.2) is 29.8 Å². The number of halogens is 2. The number of esters is 1. The second-order valence-electron chi connectivity index (χ2n) is 3.49. The van der Waals surface area contributed by atoms with Crippen LogP contribution in [0, 0.1) is 11.6 Å². The molecule has 0 unspecified atom stereocenters. The first-order chi connectivity index (χ1) is 8.56. The zero-order valence-electron chi connectivity index (χ0n) is 10.2. The van der Waals surface area contributed by atoms with Gasteiger partial charge in [0.1, 0.15) is 24.0 Å². The Balaban J connectivity index is 2.64. The average Bonchev–Trinajstić information content (AvgIpc) is 2.32. The van der Waals surface area contributed by atoms with Crippen LogP contribution in [0.3, 0.4) is 0 Å². The van der Waals surface area contributed by atoms with Gasteiger partial charge < -0.3 is 9.47 Å². The summed E-state index contributed by atoms with van der Waals surface area (Å²) in [6, 6.07) is 2.90. The number of carbonyl (C=O) groups excluding carboxylic acids is 1. The van der Waals surface area contributed by atoms with Crippen molar-refractivity contribution in [1.29, 1.82) is 0 Å². The van der Waals surface area contributed by atoms with Gasteiger partial charge in [-0.05, 0) is 12.5 Å². The Morgan fingerprint density at radius 2 is 1.89 bits per heavy atom. The standard InChI is InChI=1S/C13H14F2O3/c1-3-9(13(16)17-2)4-5-18-12-7-10(14)6-11(15)8-12/h4,6-8H,3,5H2,1-2H3. The van der Waals surface area contributed by atoms with E-state index < -0.39 is 17.6 Å². The lowest BCUT2D eigenvalue weighted by atomic mass is 10.2. The van der Waals surface area contributed by atoms with Crippen molar-refractivity contribution in [2.45, 2.75) is 13.3 Å². The van der Waals surface area contributed by atoms with Crippen LogP contribution in [0.1, 0.15) is 13.3 Å². The molecule has 5 heteroatoms. The van der Waals surface area contributed by atoms with E-state index in [1.807, 2.05) is 0 Å². The van der Waals surface area contributed by atoms with Gasteiger partial charge >= 0.3 is 5.97 Å². The molecular weight excluding hydrogens is 242 g/mol. The Morgan fingerprint density at radius 1 is 1.28 bits per heavy atom. The maximum absolute atomic E-state index is 12.9. The van der Waals surface area contributed by atoms with Crippen LogP contribution in [-0.2, 0) is 9.53 Å². The van der Waals surface area contributed by atoms with E-state index >= 15 is 0 Å². The third-order valence-electron chi connectivity index (χ3n) is 2.24. The first-order valence-electron chi connectivity index (χ1n) is 5.43. The highest BCUT2D eigenvalue weighted by molar-refractivity contribution is 5.88. The Labute approximate surface area is 104 Å². The summed E-state index contributed by atoms with van der Waals surface area (Å²) in [5.74, 6) is -1.79. The second kappa shape index (κ2) is 6.74.